The van der Waals surface area contributed by atoms with Crippen LogP contribution >= 0.6 is 11.8 Å². The van der Waals surface area contributed by atoms with Crippen molar-refractivity contribution in [2.75, 3.05) is 13.4 Å². The predicted octanol–water partition coefficient (Wildman–Crippen LogP) is 5.14. The Labute approximate surface area is 149 Å². The Hall–Kier alpha value is -1.43. The zero-order valence-corrected chi connectivity index (χ0v) is 16.3. The summed E-state index contributed by atoms with van der Waals surface area (Å²) in [5.41, 5.74) is 2.24. The average Bonchev–Trinajstić information content (AvgIpc) is 2.52. The highest BCUT2D eigenvalue weighted by Crippen LogP contribution is 2.44. The van der Waals surface area contributed by atoms with Gasteiger partial charge in [0.1, 0.15) is 11.5 Å². The molecule has 0 amide bonds. The Morgan fingerprint density at radius 3 is 2.71 bits per heavy atom. The lowest BCUT2D eigenvalue weighted by molar-refractivity contribution is 0.0218. The van der Waals surface area contributed by atoms with Gasteiger partial charge in [0, 0.05) is 42.5 Å². The van der Waals surface area contributed by atoms with Gasteiger partial charge in [0.15, 0.2) is 6.79 Å². The number of ether oxygens (including phenoxy) is 2. The van der Waals surface area contributed by atoms with Crippen LogP contribution in [0.4, 0.5) is 0 Å². The molecule has 0 aliphatic carbocycles. The van der Waals surface area contributed by atoms with Gasteiger partial charge in [0.2, 0.25) is 0 Å². The number of aromatic hydroxyl groups is 1. The average molecular weight is 361 g/mol. The monoisotopic (exact) mass is 360 g/mol. The molecule has 0 saturated carbocycles. The summed E-state index contributed by atoms with van der Waals surface area (Å²) >= 11 is 1.68. The van der Waals surface area contributed by atoms with Gasteiger partial charge in [-0.1, -0.05) is 49.6 Å². The van der Waals surface area contributed by atoms with Crippen molar-refractivity contribution in [3.63, 3.8) is 0 Å². The Kier molecular flexibility index (Phi) is 5.23. The SMILES string of the molecule is C[Si](C)(C)CCOCOc1cc(O)c2c(c1)Sc1ccccc1C2. The first-order valence-electron chi connectivity index (χ1n) is 8.24. The number of benzene rings is 2. The highest BCUT2D eigenvalue weighted by atomic mass is 32.2. The number of hydrogen-bond acceptors (Lipinski definition) is 4. The van der Waals surface area contributed by atoms with E-state index in [-0.39, 0.29) is 6.79 Å². The Morgan fingerprint density at radius 2 is 1.92 bits per heavy atom. The molecule has 0 spiro atoms. The molecule has 1 heterocycles. The van der Waals surface area contributed by atoms with Gasteiger partial charge in [-0.15, -0.1) is 0 Å². The van der Waals surface area contributed by atoms with Crippen LogP contribution in [0.2, 0.25) is 25.7 Å². The van der Waals surface area contributed by atoms with E-state index in [2.05, 4.69) is 31.8 Å². The van der Waals surface area contributed by atoms with Crippen molar-refractivity contribution in [2.24, 2.45) is 0 Å². The molecule has 3 nitrogen and oxygen atoms in total. The first-order valence-corrected chi connectivity index (χ1v) is 12.8. The fourth-order valence-corrected chi connectivity index (χ4v) is 4.45. The van der Waals surface area contributed by atoms with E-state index in [9.17, 15) is 5.11 Å². The maximum atomic E-state index is 10.3. The number of fused-ring (bicyclic) bond motifs is 2. The molecule has 5 heteroatoms. The Morgan fingerprint density at radius 1 is 1.12 bits per heavy atom. The number of phenolic OH excluding ortho intramolecular Hbond substituents is 1. The van der Waals surface area contributed by atoms with Crippen molar-refractivity contribution in [3.8, 4) is 11.5 Å². The summed E-state index contributed by atoms with van der Waals surface area (Å²) in [6.45, 7) is 7.94. The van der Waals surface area contributed by atoms with Crippen LogP contribution in [-0.4, -0.2) is 26.6 Å². The summed E-state index contributed by atoms with van der Waals surface area (Å²) in [5.74, 6) is 0.956. The second-order valence-corrected chi connectivity index (χ2v) is 14.0. The van der Waals surface area contributed by atoms with E-state index in [0.29, 0.717) is 11.5 Å². The molecule has 1 aliphatic rings. The van der Waals surface area contributed by atoms with Crippen molar-refractivity contribution in [3.05, 3.63) is 47.5 Å². The van der Waals surface area contributed by atoms with Crippen molar-refractivity contribution in [1.82, 2.24) is 0 Å². The summed E-state index contributed by atoms with van der Waals surface area (Å²) in [5, 5.41) is 10.3. The van der Waals surface area contributed by atoms with E-state index in [4.69, 9.17) is 9.47 Å². The molecule has 1 aliphatic heterocycles. The third kappa shape index (κ3) is 4.35. The second-order valence-electron chi connectivity index (χ2n) is 7.29. The van der Waals surface area contributed by atoms with E-state index < -0.39 is 8.07 Å². The molecule has 2 aromatic carbocycles. The smallest absolute Gasteiger partial charge is 0.189 e. The summed E-state index contributed by atoms with van der Waals surface area (Å²) in [6, 6.07) is 13.1. The van der Waals surface area contributed by atoms with Crippen molar-refractivity contribution >= 4 is 19.8 Å². The molecule has 0 unspecified atom stereocenters. The quantitative estimate of drug-likeness (QED) is 0.375. The summed E-state index contributed by atoms with van der Waals surface area (Å²) in [7, 11) is -1.07. The van der Waals surface area contributed by atoms with E-state index in [0.717, 1.165) is 29.5 Å². The minimum Gasteiger partial charge on any atom is -0.507 e. The van der Waals surface area contributed by atoms with Crippen molar-refractivity contribution in [2.45, 2.75) is 41.9 Å². The largest absolute Gasteiger partial charge is 0.507 e. The van der Waals surface area contributed by atoms with Crippen LogP contribution in [0.1, 0.15) is 11.1 Å². The van der Waals surface area contributed by atoms with E-state index in [1.807, 2.05) is 18.2 Å². The van der Waals surface area contributed by atoms with Crippen LogP contribution in [0.25, 0.3) is 0 Å². The summed E-state index contributed by atoms with van der Waals surface area (Å²) in [4.78, 5) is 2.30. The zero-order valence-electron chi connectivity index (χ0n) is 14.5. The van der Waals surface area contributed by atoms with Crippen molar-refractivity contribution in [1.29, 1.82) is 0 Å². The molecule has 0 saturated heterocycles. The zero-order chi connectivity index (χ0) is 17.2. The number of hydrogen-bond donors (Lipinski definition) is 1. The minimum absolute atomic E-state index is 0.226. The van der Waals surface area contributed by atoms with Crippen LogP contribution in [0.15, 0.2) is 46.2 Å². The summed E-state index contributed by atoms with van der Waals surface area (Å²) in [6.07, 6.45) is 0.761. The maximum absolute atomic E-state index is 10.3. The van der Waals surface area contributed by atoms with Gasteiger partial charge in [-0.3, -0.25) is 0 Å². The first kappa shape index (κ1) is 17.4. The second kappa shape index (κ2) is 7.21. The topological polar surface area (TPSA) is 38.7 Å². The third-order valence-corrected chi connectivity index (χ3v) is 6.93. The fraction of sp³-hybridized carbons (Fsp3) is 0.368. The highest BCUT2D eigenvalue weighted by molar-refractivity contribution is 7.99. The molecule has 0 atom stereocenters. The lowest BCUT2D eigenvalue weighted by Gasteiger charge is -2.21. The standard InChI is InChI=1S/C19H24O3SSi/c1-24(2,3)9-8-21-13-22-15-11-17(20)16-10-14-6-4-5-7-18(14)23-19(16)12-15/h4-7,11-12,20H,8-10,13H2,1-3H3. The maximum Gasteiger partial charge on any atom is 0.189 e. The van der Waals surface area contributed by atoms with Crippen LogP contribution in [0.3, 0.4) is 0 Å². The van der Waals surface area contributed by atoms with Crippen LogP contribution in [0, 0.1) is 0 Å². The van der Waals surface area contributed by atoms with Gasteiger partial charge in [-0.05, 0) is 23.7 Å². The molecule has 0 radical (unpaired) electrons. The molecule has 3 rings (SSSR count). The predicted molar refractivity (Wildman–Crippen MR) is 101 cm³/mol. The van der Waals surface area contributed by atoms with Gasteiger partial charge in [0.05, 0.1) is 0 Å². The number of phenols is 1. The number of rotatable bonds is 6. The van der Waals surface area contributed by atoms with Gasteiger partial charge in [-0.2, -0.15) is 0 Å². The van der Waals surface area contributed by atoms with Gasteiger partial charge in [0.25, 0.3) is 0 Å². The van der Waals surface area contributed by atoms with E-state index in [1.54, 1.807) is 17.8 Å². The third-order valence-electron chi connectivity index (χ3n) is 4.02. The molecule has 0 aromatic heterocycles. The first-order chi connectivity index (χ1) is 11.4. The van der Waals surface area contributed by atoms with Gasteiger partial charge < -0.3 is 14.6 Å². The Balaban J connectivity index is 1.63. The molecule has 0 bridgehead atoms. The fourth-order valence-electron chi connectivity index (χ4n) is 2.56. The molecule has 2 aromatic rings. The lowest BCUT2D eigenvalue weighted by atomic mass is 10.0. The van der Waals surface area contributed by atoms with E-state index >= 15 is 0 Å². The van der Waals surface area contributed by atoms with Crippen molar-refractivity contribution < 1.29 is 14.6 Å². The molecular formula is C19H24O3SSi. The highest BCUT2D eigenvalue weighted by Gasteiger charge is 2.20. The normalized spacial score (nSPS) is 13.3. The molecule has 1 N–H and O–H groups in total. The van der Waals surface area contributed by atoms with Crippen LogP contribution in [-0.2, 0) is 11.2 Å². The molecule has 0 fully saturated rings. The Bertz CT molecular complexity index is 725. The molecule has 24 heavy (non-hydrogen) atoms. The van der Waals surface area contributed by atoms with E-state index in [1.165, 1.54) is 10.5 Å². The minimum atomic E-state index is -1.07. The molecule has 128 valence electrons. The van der Waals surface area contributed by atoms with Gasteiger partial charge in [-0.25, -0.2) is 0 Å². The van der Waals surface area contributed by atoms with Gasteiger partial charge >= 0.3 is 0 Å². The summed E-state index contributed by atoms with van der Waals surface area (Å²) < 4.78 is 11.3. The van der Waals surface area contributed by atoms with Crippen LogP contribution < -0.4 is 4.74 Å². The lowest BCUT2D eigenvalue weighted by Crippen LogP contribution is -2.22. The van der Waals surface area contributed by atoms with Crippen LogP contribution in [0.5, 0.6) is 11.5 Å². The molecular weight excluding hydrogens is 336 g/mol.